The minimum absolute atomic E-state index is 0.736. The molecule has 0 unspecified atom stereocenters. The topological polar surface area (TPSA) is 82.3 Å². The fourth-order valence-corrected chi connectivity index (χ4v) is 4.88. The maximum atomic E-state index is 5.50. The molecule has 0 saturated carbocycles. The van der Waals surface area contributed by atoms with E-state index in [-0.39, 0.29) is 0 Å². The first kappa shape index (κ1) is 24.7. The predicted molar refractivity (Wildman–Crippen MR) is 140 cm³/mol. The molecule has 1 saturated heterocycles. The first-order chi connectivity index (χ1) is 16.5. The third-order valence-corrected chi connectivity index (χ3v) is 7.13. The second kappa shape index (κ2) is 11.3. The van der Waals surface area contributed by atoms with Gasteiger partial charge in [0.15, 0.2) is 5.82 Å². The maximum Gasteiger partial charge on any atom is 0.162 e. The Balaban J connectivity index is 1.74. The number of likely N-dealkylation sites (N-methyl/N-ethyl adjacent to an activating group) is 1. The number of nitrogens with zero attached hydrogens (tertiary/aromatic N) is 5. The molecule has 8 nitrogen and oxygen atoms in total. The summed E-state index contributed by atoms with van der Waals surface area (Å²) in [6, 6.07) is 8.50. The third-order valence-electron chi connectivity index (χ3n) is 6.25. The van der Waals surface area contributed by atoms with Gasteiger partial charge < -0.3 is 20.1 Å². The quantitative estimate of drug-likeness (QED) is 0.353. The first-order valence-corrected chi connectivity index (χ1v) is 13.0. The molecule has 0 bridgehead atoms. The van der Waals surface area contributed by atoms with E-state index in [9.17, 15) is 0 Å². The highest BCUT2D eigenvalue weighted by Crippen LogP contribution is 2.35. The summed E-state index contributed by atoms with van der Waals surface area (Å²) in [6.45, 7) is 12.6. The lowest BCUT2D eigenvalue weighted by Gasteiger charge is -2.35. The summed E-state index contributed by atoms with van der Waals surface area (Å²) < 4.78 is 7.90. The number of hydrogen-bond donors (Lipinski definition) is 2. The normalized spacial score (nSPS) is 14.7. The van der Waals surface area contributed by atoms with Crippen LogP contribution < -0.4 is 15.5 Å². The van der Waals surface area contributed by atoms with Crippen LogP contribution in [0.2, 0.25) is 0 Å². The van der Waals surface area contributed by atoms with Crippen molar-refractivity contribution in [3.63, 3.8) is 0 Å². The highest BCUT2D eigenvalue weighted by atomic mass is 32.2. The summed E-state index contributed by atoms with van der Waals surface area (Å²) in [6.07, 6.45) is 2.14. The molecule has 0 amide bonds. The Morgan fingerprint density at radius 1 is 1.06 bits per heavy atom. The lowest BCUT2D eigenvalue weighted by atomic mass is 10.0. The molecule has 1 aromatic carbocycles. The molecule has 3 aromatic rings. The number of anilines is 1. The lowest BCUT2D eigenvalue weighted by Crippen LogP contribution is -2.44. The Morgan fingerprint density at radius 2 is 1.85 bits per heavy atom. The van der Waals surface area contributed by atoms with Crippen LogP contribution in [0.15, 0.2) is 28.8 Å². The van der Waals surface area contributed by atoms with Gasteiger partial charge in [0.25, 0.3) is 0 Å². The Kier molecular flexibility index (Phi) is 8.20. The zero-order valence-electron chi connectivity index (χ0n) is 20.8. The summed E-state index contributed by atoms with van der Waals surface area (Å²) in [7, 11) is 1.96. The van der Waals surface area contributed by atoms with Crippen molar-refractivity contribution in [3.8, 4) is 22.6 Å². The number of nitrogens with one attached hydrogen (secondary N) is 2. The number of piperazine rings is 1. The molecule has 1 aliphatic rings. The Labute approximate surface area is 206 Å². The molecule has 4 rings (SSSR count). The monoisotopic (exact) mass is 481 g/mol. The van der Waals surface area contributed by atoms with E-state index in [1.165, 1.54) is 5.56 Å². The third kappa shape index (κ3) is 5.43. The molecule has 2 N–H and O–H groups in total. The van der Waals surface area contributed by atoms with Crippen LogP contribution in [-0.4, -0.2) is 72.0 Å². The van der Waals surface area contributed by atoms with E-state index in [0.717, 1.165) is 91.3 Å². The van der Waals surface area contributed by atoms with Gasteiger partial charge in [-0.05, 0) is 45.7 Å². The summed E-state index contributed by atoms with van der Waals surface area (Å²) in [5.41, 5.74) is 6.03. The lowest BCUT2D eigenvalue weighted by molar-refractivity contribution is 0.393. The molecule has 0 radical (unpaired) electrons. The number of aryl methyl sites for hydroxylation is 2. The molecule has 0 spiro atoms. The van der Waals surface area contributed by atoms with Gasteiger partial charge >= 0.3 is 0 Å². The van der Waals surface area contributed by atoms with Crippen molar-refractivity contribution in [2.24, 2.45) is 0 Å². The fraction of sp³-hybridized carbons (Fsp3) is 0.480. The maximum absolute atomic E-state index is 5.50. The molecule has 182 valence electrons. The number of benzene rings is 1. The van der Waals surface area contributed by atoms with Crippen LogP contribution in [0.5, 0.6) is 0 Å². The minimum Gasteiger partial charge on any atom is -0.361 e. The number of hydrogen-bond acceptors (Lipinski definition) is 9. The summed E-state index contributed by atoms with van der Waals surface area (Å²) in [5.74, 6) is 2.52. The van der Waals surface area contributed by atoms with Gasteiger partial charge in [-0.2, -0.15) is 0 Å². The average Bonchev–Trinajstić information content (AvgIpc) is 3.20. The highest BCUT2D eigenvalue weighted by Gasteiger charge is 2.25. The zero-order chi connectivity index (χ0) is 24.1. The van der Waals surface area contributed by atoms with Gasteiger partial charge in [-0.15, -0.1) is 0 Å². The Hall–Kier alpha value is -2.46. The summed E-state index contributed by atoms with van der Waals surface area (Å²) in [4.78, 5) is 12.6. The molecule has 3 heterocycles. The molecule has 2 aromatic heterocycles. The van der Waals surface area contributed by atoms with Crippen molar-refractivity contribution >= 4 is 17.8 Å². The van der Waals surface area contributed by atoms with Gasteiger partial charge in [-0.3, -0.25) is 0 Å². The summed E-state index contributed by atoms with van der Waals surface area (Å²) >= 11 is 1.81. The van der Waals surface area contributed by atoms with Crippen molar-refractivity contribution in [2.75, 3.05) is 57.5 Å². The second-order valence-electron chi connectivity index (χ2n) is 8.62. The van der Waals surface area contributed by atoms with Crippen molar-refractivity contribution in [2.45, 2.75) is 27.3 Å². The van der Waals surface area contributed by atoms with Crippen molar-refractivity contribution < 1.29 is 4.52 Å². The van der Waals surface area contributed by atoms with Crippen molar-refractivity contribution in [3.05, 3.63) is 46.8 Å². The first-order valence-electron chi connectivity index (χ1n) is 11.8. The fourth-order valence-electron chi connectivity index (χ4n) is 4.36. The van der Waals surface area contributed by atoms with Gasteiger partial charge in [0.1, 0.15) is 11.6 Å². The average molecular weight is 482 g/mol. The second-order valence-corrected chi connectivity index (χ2v) is 9.50. The molecule has 1 aliphatic heterocycles. The minimum atomic E-state index is 0.736. The largest absolute Gasteiger partial charge is 0.361 e. The van der Waals surface area contributed by atoms with E-state index >= 15 is 0 Å². The van der Waals surface area contributed by atoms with Gasteiger partial charge in [0.05, 0.1) is 17.0 Å². The summed E-state index contributed by atoms with van der Waals surface area (Å²) in [5, 5.41) is 10.8. The molecular weight excluding hydrogens is 446 g/mol. The Morgan fingerprint density at radius 3 is 2.53 bits per heavy atom. The van der Waals surface area contributed by atoms with E-state index in [1.54, 1.807) is 11.9 Å². The van der Waals surface area contributed by atoms with Crippen LogP contribution in [0, 0.1) is 20.8 Å². The van der Waals surface area contributed by atoms with E-state index < -0.39 is 0 Å². The van der Waals surface area contributed by atoms with Crippen LogP contribution >= 0.6 is 11.9 Å². The molecule has 0 atom stereocenters. The van der Waals surface area contributed by atoms with E-state index in [1.807, 2.05) is 20.9 Å². The van der Waals surface area contributed by atoms with Crippen molar-refractivity contribution in [1.29, 1.82) is 0 Å². The van der Waals surface area contributed by atoms with Crippen LogP contribution in [0.25, 0.3) is 22.6 Å². The Bertz CT molecular complexity index is 1090. The number of rotatable bonds is 9. The van der Waals surface area contributed by atoms with Crippen molar-refractivity contribution in [1.82, 2.24) is 30.1 Å². The molecule has 0 aliphatic carbocycles. The van der Waals surface area contributed by atoms with Crippen LogP contribution in [0.4, 0.5) is 5.82 Å². The molecule has 9 heteroatoms. The molecular formula is C25H35N7OS. The highest BCUT2D eigenvalue weighted by molar-refractivity contribution is 7.96. The standard InChI is InChI=1S/C25H35N7OS/c1-17-23(22-18(2)30-33-19(22)3)28-24(29-25(17)31-11-13-32(34-5)14-12-31)21-8-6-7-20(15-21)16-27-10-9-26-4/h6-8,15,26-27H,9-14,16H2,1-5H3. The van der Waals surface area contributed by atoms with E-state index in [4.69, 9.17) is 14.5 Å². The van der Waals surface area contributed by atoms with Crippen LogP contribution in [0.3, 0.4) is 0 Å². The molecule has 34 heavy (non-hydrogen) atoms. The zero-order valence-corrected chi connectivity index (χ0v) is 21.6. The smallest absolute Gasteiger partial charge is 0.162 e. The predicted octanol–water partition coefficient (Wildman–Crippen LogP) is 3.43. The van der Waals surface area contributed by atoms with Gasteiger partial charge in [-0.1, -0.05) is 35.3 Å². The SMILES string of the molecule is CNCCNCc1cccc(-c2nc(-c3c(C)noc3C)c(C)c(N3CCN(SC)CC3)n2)c1. The van der Waals surface area contributed by atoms with E-state index in [2.05, 4.69) is 62.4 Å². The van der Waals surface area contributed by atoms with Crippen LogP contribution in [-0.2, 0) is 6.54 Å². The van der Waals surface area contributed by atoms with Gasteiger partial charge in [0.2, 0.25) is 0 Å². The molecule has 1 fully saturated rings. The number of aromatic nitrogens is 3. The van der Waals surface area contributed by atoms with Gasteiger partial charge in [-0.25, -0.2) is 14.3 Å². The van der Waals surface area contributed by atoms with Crippen LogP contribution in [0.1, 0.15) is 22.6 Å². The van der Waals surface area contributed by atoms with E-state index in [0.29, 0.717) is 0 Å². The van der Waals surface area contributed by atoms with Gasteiger partial charge in [0, 0.05) is 56.9 Å².